The molecular weight excluding hydrogens is 186 g/mol. The second kappa shape index (κ2) is 5.64. The van der Waals surface area contributed by atoms with Crippen LogP contribution in [-0.2, 0) is 4.79 Å². The molecule has 2 unspecified atom stereocenters. The Morgan fingerprint density at radius 3 is 2.20 bits per heavy atom. The molecule has 0 aromatic heterocycles. The number of carbonyl (C=O) groups is 1. The van der Waals surface area contributed by atoms with E-state index in [1.807, 2.05) is 0 Å². The molecule has 88 valence electrons. The Morgan fingerprint density at radius 2 is 1.73 bits per heavy atom. The van der Waals surface area contributed by atoms with E-state index >= 15 is 0 Å². The van der Waals surface area contributed by atoms with Gasteiger partial charge in [0.25, 0.3) is 0 Å². The van der Waals surface area contributed by atoms with Crippen molar-refractivity contribution in [2.75, 3.05) is 6.54 Å². The van der Waals surface area contributed by atoms with Crippen molar-refractivity contribution in [3.63, 3.8) is 0 Å². The molecular formula is C13H25NO. The summed E-state index contributed by atoms with van der Waals surface area (Å²) in [6, 6.07) is 0.410. The van der Waals surface area contributed by atoms with Gasteiger partial charge in [0.2, 0.25) is 0 Å². The number of nitrogens with one attached hydrogen (secondary N) is 1. The van der Waals surface area contributed by atoms with Crippen molar-refractivity contribution in [3.05, 3.63) is 0 Å². The van der Waals surface area contributed by atoms with Gasteiger partial charge in [-0.1, -0.05) is 27.7 Å². The molecule has 15 heavy (non-hydrogen) atoms. The van der Waals surface area contributed by atoms with E-state index in [2.05, 4.69) is 33.0 Å². The fourth-order valence-corrected chi connectivity index (χ4v) is 2.66. The van der Waals surface area contributed by atoms with Gasteiger partial charge in [0.15, 0.2) is 0 Å². The molecule has 1 saturated carbocycles. The molecule has 0 aliphatic heterocycles. The fourth-order valence-electron chi connectivity index (χ4n) is 2.66. The van der Waals surface area contributed by atoms with Crippen molar-refractivity contribution in [1.82, 2.24) is 5.32 Å². The van der Waals surface area contributed by atoms with Crippen molar-refractivity contribution >= 4 is 5.78 Å². The third-order valence-corrected chi connectivity index (χ3v) is 3.32. The topological polar surface area (TPSA) is 29.1 Å². The summed E-state index contributed by atoms with van der Waals surface area (Å²) < 4.78 is 0. The lowest BCUT2D eigenvalue weighted by molar-refractivity contribution is -0.124. The van der Waals surface area contributed by atoms with Gasteiger partial charge in [-0.05, 0) is 31.1 Å². The summed E-state index contributed by atoms with van der Waals surface area (Å²) >= 11 is 0. The maximum atomic E-state index is 11.9. The van der Waals surface area contributed by atoms with Gasteiger partial charge in [0.1, 0.15) is 5.78 Å². The van der Waals surface area contributed by atoms with Gasteiger partial charge in [-0.3, -0.25) is 4.79 Å². The van der Waals surface area contributed by atoms with Crippen LogP contribution in [0.3, 0.4) is 0 Å². The second-order valence-electron chi connectivity index (χ2n) is 5.62. The molecule has 2 atom stereocenters. The van der Waals surface area contributed by atoms with Crippen LogP contribution in [0.5, 0.6) is 0 Å². The van der Waals surface area contributed by atoms with E-state index < -0.39 is 0 Å². The standard InChI is InChI=1S/C13H25NO/c1-9(2)14-8-13(15)12-6-10(3)5-11(4)7-12/h9-12,14H,5-8H2,1-4H3. The summed E-state index contributed by atoms with van der Waals surface area (Å²) in [6.45, 7) is 9.26. The van der Waals surface area contributed by atoms with Gasteiger partial charge in [-0.15, -0.1) is 0 Å². The lowest BCUT2D eigenvalue weighted by Gasteiger charge is -2.30. The Labute approximate surface area is 93.8 Å². The van der Waals surface area contributed by atoms with Gasteiger partial charge >= 0.3 is 0 Å². The Morgan fingerprint density at radius 1 is 1.20 bits per heavy atom. The summed E-state index contributed by atoms with van der Waals surface area (Å²) in [5.74, 6) is 2.18. The van der Waals surface area contributed by atoms with Crippen LogP contribution < -0.4 is 5.32 Å². The van der Waals surface area contributed by atoms with E-state index in [4.69, 9.17) is 0 Å². The largest absolute Gasteiger partial charge is 0.308 e. The van der Waals surface area contributed by atoms with Crippen LogP contribution in [0, 0.1) is 17.8 Å². The summed E-state index contributed by atoms with van der Waals surface area (Å²) in [6.07, 6.45) is 3.49. The molecule has 0 aromatic rings. The molecule has 0 saturated heterocycles. The van der Waals surface area contributed by atoms with E-state index in [9.17, 15) is 4.79 Å². The zero-order chi connectivity index (χ0) is 11.4. The van der Waals surface area contributed by atoms with Crippen molar-refractivity contribution in [2.24, 2.45) is 17.8 Å². The Bertz CT molecular complexity index is 203. The van der Waals surface area contributed by atoms with Crippen molar-refractivity contribution < 1.29 is 4.79 Å². The van der Waals surface area contributed by atoms with E-state index in [0.29, 0.717) is 24.3 Å². The van der Waals surface area contributed by atoms with Crippen LogP contribution in [0.4, 0.5) is 0 Å². The number of hydrogen-bond acceptors (Lipinski definition) is 2. The zero-order valence-electron chi connectivity index (χ0n) is 10.5. The van der Waals surface area contributed by atoms with Gasteiger partial charge in [0.05, 0.1) is 6.54 Å². The Balaban J connectivity index is 2.38. The first-order valence-corrected chi connectivity index (χ1v) is 6.25. The van der Waals surface area contributed by atoms with E-state index in [1.54, 1.807) is 0 Å². The molecule has 0 aromatic carbocycles. The molecule has 1 fully saturated rings. The summed E-state index contributed by atoms with van der Waals surface area (Å²) in [5.41, 5.74) is 0. The van der Waals surface area contributed by atoms with Crippen molar-refractivity contribution in [1.29, 1.82) is 0 Å². The first-order valence-electron chi connectivity index (χ1n) is 6.25. The maximum Gasteiger partial charge on any atom is 0.149 e. The van der Waals surface area contributed by atoms with Crippen LogP contribution in [0.1, 0.15) is 47.0 Å². The molecule has 1 rings (SSSR count). The highest BCUT2D eigenvalue weighted by Gasteiger charge is 2.28. The molecule has 2 heteroatoms. The average Bonchev–Trinajstić information content (AvgIpc) is 2.12. The van der Waals surface area contributed by atoms with Crippen molar-refractivity contribution in [3.8, 4) is 0 Å². The van der Waals surface area contributed by atoms with Crippen LogP contribution in [0.25, 0.3) is 0 Å². The van der Waals surface area contributed by atoms with Crippen LogP contribution in [0.2, 0.25) is 0 Å². The minimum absolute atomic E-state index is 0.315. The fraction of sp³-hybridized carbons (Fsp3) is 0.923. The monoisotopic (exact) mass is 211 g/mol. The quantitative estimate of drug-likeness (QED) is 0.774. The highest BCUT2D eigenvalue weighted by molar-refractivity contribution is 5.83. The highest BCUT2D eigenvalue weighted by Crippen LogP contribution is 2.33. The van der Waals surface area contributed by atoms with Crippen LogP contribution >= 0.6 is 0 Å². The van der Waals surface area contributed by atoms with Gasteiger partial charge < -0.3 is 5.32 Å². The molecule has 0 radical (unpaired) electrons. The maximum absolute atomic E-state index is 11.9. The van der Waals surface area contributed by atoms with Gasteiger partial charge in [-0.25, -0.2) is 0 Å². The SMILES string of the molecule is CC1CC(C)CC(C(=O)CNC(C)C)C1. The third-order valence-electron chi connectivity index (χ3n) is 3.32. The second-order valence-corrected chi connectivity index (χ2v) is 5.62. The highest BCUT2D eigenvalue weighted by atomic mass is 16.1. The predicted molar refractivity (Wildman–Crippen MR) is 63.8 cm³/mol. The summed E-state index contributed by atoms with van der Waals surface area (Å²) in [5, 5.41) is 3.22. The minimum Gasteiger partial charge on any atom is -0.308 e. The molecule has 0 bridgehead atoms. The molecule has 1 N–H and O–H groups in total. The lowest BCUT2D eigenvalue weighted by atomic mass is 9.75. The van der Waals surface area contributed by atoms with Gasteiger partial charge in [0, 0.05) is 12.0 Å². The number of hydrogen-bond donors (Lipinski definition) is 1. The molecule has 1 aliphatic carbocycles. The molecule has 0 heterocycles. The number of rotatable bonds is 4. The molecule has 0 amide bonds. The molecule has 2 nitrogen and oxygen atoms in total. The van der Waals surface area contributed by atoms with E-state index in [0.717, 1.165) is 24.7 Å². The van der Waals surface area contributed by atoms with Gasteiger partial charge in [-0.2, -0.15) is 0 Å². The smallest absolute Gasteiger partial charge is 0.149 e. The number of carbonyl (C=O) groups excluding carboxylic acids is 1. The molecule has 1 aliphatic rings. The summed E-state index contributed by atoms with van der Waals surface area (Å²) in [4.78, 5) is 11.9. The predicted octanol–water partition coefficient (Wildman–Crippen LogP) is 2.63. The number of ketones is 1. The molecule has 0 spiro atoms. The number of Topliss-reactive ketones (excluding diaryl/α,β-unsaturated/α-hetero) is 1. The normalized spacial score (nSPS) is 31.9. The summed E-state index contributed by atoms with van der Waals surface area (Å²) in [7, 11) is 0. The minimum atomic E-state index is 0.315. The average molecular weight is 211 g/mol. The first kappa shape index (κ1) is 12.7. The Kier molecular flexibility index (Phi) is 4.78. The Hall–Kier alpha value is -0.370. The zero-order valence-corrected chi connectivity index (χ0v) is 10.5. The lowest BCUT2D eigenvalue weighted by Crippen LogP contribution is -2.35. The first-order chi connectivity index (χ1) is 6.99. The van der Waals surface area contributed by atoms with Crippen molar-refractivity contribution in [2.45, 2.75) is 53.0 Å². The van der Waals surface area contributed by atoms with Crippen LogP contribution in [0.15, 0.2) is 0 Å². The third kappa shape index (κ3) is 4.33. The van der Waals surface area contributed by atoms with E-state index in [-0.39, 0.29) is 0 Å². The van der Waals surface area contributed by atoms with E-state index in [1.165, 1.54) is 6.42 Å². The van der Waals surface area contributed by atoms with Crippen LogP contribution in [-0.4, -0.2) is 18.4 Å².